The number of fused-ring (bicyclic) bond motifs is 2. The number of nitrogen functional groups attached to an aromatic ring is 2. The first-order valence-electron chi connectivity index (χ1n) is 10.6. The highest BCUT2D eigenvalue weighted by atomic mass is 16.7. The summed E-state index contributed by atoms with van der Waals surface area (Å²) in [4.78, 5) is 53.4. The van der Waals surface area contributed by atoms with Crippen molar-refractivity contribution in [3.8, 4) is 11.5 Å². The number of carboxylic acids is 1. The van der Waals surface area contributed by atoms with Crippen molar-refractivity contribution in [2.24, 2.45) is 0 Å². The summed E-state index contributed by atoms with van der Waals surface area (Å²) in [7, 11) is 0. The Balaban J connectivity index is 1.60. The number of benzene rings is 3. The highest BCUT2D eigenvalue weighted by Crippen LogP contribution is 2.49. The number of hydroxylamine groups is 2. The number of carbonyl (C=O) groups excluding carboxylic acids is 3. The normalized spacial score (nSPS) is 14.8. The van der Waals surface area contributed by atoms with Gasteiger partial charge < -0.3 is 26.1 Å². The molecule has 0 saturated carbocycles. The van der Waals surface area contributed by atoms with Gasteiger partial charge in [-0.25, -0.2) is 9.59 Å². The molecule has 0 spiro atoms. The second-order valence-electron chi connectivity index (χ2n) is 8.20. The van der Waals surface area contributed by atoms with Gasteiger partial charge in [0.2, 0.25) is 0 Å². The number of aromatic carboxylic acids is 1. The lowest BCUT2D eigenvalue weighted by Gasteiger charge is -2.30. The van der Waals surface area contributed by atoms with Crippen molar-refractivity contribution in [1.82, 2.24) is 5.06 Å². The average Bonchev–Trinajstić information content (AvgIpc) is 3.14. The first kappa shape index (κ1) is 22.0. The second-order valence-corrected chi connectivity index (χ2v) is 8.20. The van der Waals surface area contributed by atoms with Crippen LogP contribution in [-0.2, 0) is 14.4 Å². The van der Waals surface area contributed by atoms with Crippen LogP contribution in [0.5, 0.6) is 11.5 Å². The van der Waals surface area contributed by atoms with Crippen molar-refractivity contribution in [2.75, 3.05) is 11.5 Å². The van der Waals surface area contributed by atoms with Gasteiger partial charge in [0.15, 0.2) is 0 Å². The first-order chi connectivity index (χ1) is 16.7. The molecule has 5 N–H and O–H groups in total. The minimum Gasteiger partial charge on any atom is -0.478 e. The molecule has 0 radical (unpaired) electrons. The fourth-order valence-electron chi connectivity index (χ4n) is 4.29. The summed E-state index contributed by atoms with van der Waals surface area (Å²) in [6, 6.07) is 14.2. The summed E-state index contributed by atoms with van der Waals surface area (Å²) in [6.45, 7) is 0. The fourth-order valence-corrected chi connectivity index (χ4v) is 4.29. The van der Waals surface area contributed by atoms with Crippen LogP contribution in [0.15, 0.2) is 54.6 Å². The molecule has 0 aromatic heterocycles. The van der Waals surface area contributed by atoms with Gasteiger partial charge in [0, 0.05) is 53.4 Å². The molecule has 10 heteroatoms. The van der Waals surface area contributed by atoms with Crippen LogP contribution in [-0.4, -0.2) is 33.9 Å². The largest absolute Gasteiger partial charge is 0.478 e. The van der Waals surface area contributed by atoms with Crippen LogP contribution in [0.4, 0.5) is 11.4 Å². The monoisotopic (exact) mass is 473 g/mol. The number of imide groups is 1. The van der Waals surface area contributed by atoms with Crippen LogP contribution in [0.2, 0.25) is 0 Å². The summed E-state index contributed by atoms with van der Waals surface area (Å²) in [5.41, 5.74) is 14.3. The van der Waals surface area contributed by atoms with Crippen LogP contribution in [0.1, 0.15) is 56.2 Å². The fraction of sp³-hybridized carbons (Fsp3) is 0.120. The minimum atomic E-state index is -1.27. The predicted octanol–water partition coefficient (Wildman–Crippen LogP) is 3.06. The summed E-state index contributed by atoms with van der Waals surface area (Å²) in [6.07, 6.45) is -0.105. The highest BCUT2D eigenvalue weighted by molar-refractivity contribution is 6.03. The van der Waals surface area contributed by atoms with Gasteiger partial charge in [-0.1, -0.05) is 18.2 Å². The molecule has 2 aliphatic heterocycles. The van der Waals surface area contributed by atoms with E-state index in [1.807, 2.05) is 0 Å². The Morgan fingerprint density at radius 1 is 0.857 bits per heavy atom. The molecule has 0 aliphatic carbocycles. The van der Waals surface area contributed by atoms with Gasteiger partial charge in [0.05, 0.1) is 11.1 Å². The molecule has 5 rings (SSSR count). The molecule has 176 valence electrons. The van der Waals surface area contributed by atoms with Crippen LogP contribution < -0.4 is 16.2 Å². The van der Waals surface area contributed by atoms with Gasteiger partial charge in [-0.2, -0.15) is 0 Å². The number of nitrogens with two attached hydrogens (primary N) is 2. The molecular formula is C25H19N3O7. The zero-order valence-electron chi connectivity index (χ0n) is 18.2. The standard InChI is InChI=1S/C25H19N3O7/c26-13-2-5-16-19(10-13)34-20-11-14(27)3-6-17(20)23(16)15-4-1-12(9-18(15)24(31)32)25(33)35-28-21(29)7-8-22(28)30/h1-6,9-11,23H,7-8,26-27H2,(H,31,32). The molecule has 1 saturated heterocycles. The Morgan fingerprint density at radius 3 is 1.94 bits per heavy atom. The van der Waals surface area contributed by atoms with E-state index in [1.54, 1.807) is 36.4 Å². The molecule has 2 amide bonds. The molecule has 3 aromatic carbocycles. The van der Waals surface area contributed by atoms with E-state index in [1.165, 1.54) is 12.1 Å². The molecular weight excluding hydrogens is 454 g/mol. The van der Waals surface area contributed by atoms with Crippen LogP contribution in [0.3, 0.4) is 0 Å². The minimum absolute atomic E-state index is 0.0526. The van der Waals surface area contributed by atoms with Gasteiger partial charge in [-0.15, -0.1) is 5.06 Å². The Bertz CT molecular complexity index is 1370. The van der Waals surface area contributed by atoms with E-state index >= 15 is 0 Å². The number of hydrogen-bond donors (Lipinski definition) is 3. The van der Waals surface area contributed by atoms with Crippen LogP contribution in [0, 0.1) is 0 Å². The Kier molecular flexibility index (Phi) is 5.13. The molecule has 1 fully saturated rings. The molecule has 2 heterocycles. The van der Waals surface area contributed by atoms with Gasteiger partial charge >= 0.3 is 11.9 Å². The van der Waals surface area contributed by atoms with Crippen molar-refractivity contribution in [2.45, 2.75) is 18.8 Å². The van der Waals surface area contributed by atoms with E-state index in [2.05, 4.69) is 0 Å². The van der Waals surface area contributed by atoms with Crippen LogP contribution >= 0.6 is 0 Å². The van der Waals surface area contributed by atoms with Gasteiger partial charge in [0.1, 0.15) is 11.5 Å². The lowest BCUT2D eigenvalue weighted by atomic mass is 9.80. The van der Waals surface area contributed by atoms with Crippen molar-refractivity contribution in [1.29, 1.82) is 0 Å². The van der Waals surface area contributed by atoms with Gasteiger partial charge in [-0.05, 0) is 29.8 Å². The number of nitrogens with zero attached hydrogens (tertiary/aromatic N) is 1. The van der Waals surface area contributed by atoms with Crippen molar-refractivity contribution in [3.05, 3.63) is 82.4 Å². The average molecular weight is 473 g/mol. The smallest absolute Gasteiger partial charge is 0.363 e. The number of ether oxygens (including phenoxy) is 1. The number of anilines is 2. The molecule has 3 aromatic rings. The third-order valence-electron chi connectivity index (χ3n) is 5.93. The van der Waals surface area contributed by atoms with E-state index in [9.17, 15) is 24.3 Å². The lowest BCUT2D eigenvalue weighted by molar-refractivity contribution is -0.172. The SMILES string of the molecule is Nc1ccc2c(c1)Oc1cc(N)ccc1C2c1ccc(C(=O)ON2C(=O)CCC2=O)cc1C(=O)O. The summed E-state index contributed by atoms with van der Waals surface area (Å²) < 4.78 is 6.00. The van der Waals surface area contributed by atoms with E-state index in [0.717, 1.165) is 6.07 Å². The zero-order chi connectivity index (χ0) is 24.9. The third kappa shape index (κ3) is 3.80. The summed E-state index contributed by atoms with van der Waals surface area (Å²) in [5.74, 6) is -3.20. The molecule has 0 atom stereocenters. The van der Waals surface area contributed by atoms with Crippen molar-refractivity contribution in [3.63, 3.8) is 0 Å². The van der Waals surface area contributed by atoms with E-state index in [4.69, 9.17) is 21.0 Å². The maximum absolute atomic E-state index is 12.6. The Hall–Kier alpha value is -4.86. The van der Waals surface area contributed by atoms with Crippen molar-refractivity contribution >= 4 is 35.1 Å². The number of carbonyl (C=O) groups is 4. The van der Waals surface area contributed by atoms with E-state index in [0.29, 0.717) is 44.6 Å². The maximum atomic E-state index is 12.6. The highest BCUT2D eigenvalue weighted by Gasteiger charge is 2.35. The van der Waals surface area contributed by atoms with E-state index < -0.39 is 29.7 Å². The molecule has 2 aliphatic rings. The molecule has 0 bridgehead atoms. The number of hydrogen-bond acceptors (Lipinski definition) is 8. The summed E-state index contributed by atoms with van der Waals surface area (Å²) in [5, 5.41) is 10.4. The second kappa shape index (κ2) is 8.17. The topological polar surface area (TPSA) is 162 Å². The first-order valence-corrected chi connectivity index (χ1v) is 10.6. The predicted molar refractivity (Wildman–Crippen MR) is 123 cm³/mol. The number of amides is 2. The lowest BCUT2D eigenvalue weighted by Crippen LogP contribution is -2.32. The quantitative estimate of drug-likeness (QED) is 0.299. The van der Waals surface area contributed by atoms with Gasteiger partial charge in [0.25, 0.3) is 11.8 Å². The Labute approximate surface area is 198 Å². The van der Waals surface area contributed by atoms with Gasteiger partial charge in [-0.3, -0.25) is 9.59 Å². The number of carboxylic acid groups (broad SMARTS) is 1. The number of rotatable bonds is 4. The summed E-state index contributed by atoms with van der Waals surface area (Å²) >= 11 is 0. The third-order valence-corrected chi connectivity index (χ3v) is 5.93. The van der Waals surface area contributed by atoms with Crippen molar-refractivity contribution < 1.29 is 33.9 Å². The maximum Gasteiger partial charge on any atom is 0.363 e. The molecule has 10 nitrogen and oxygen atoms in total. The molecule has 35 heavy (non-hydrogen) atoms. The molecule has 0 unspecified atom stereocenters. The van der Waals surface area contributed by atoms with E-state index in [-0.39, 0.29) is 24.0 Å². The Morgan fingerprint density at radius 2 is 1.40 bits per heavy atom. The van der Waals surface area contributed by atoms with Crippen LogP contribution in [0.25, 0.3) is 0 Å². The zero-order valence-corrected chi connectivity index (χ0v) is 18.2.